The molecule has 1 atom stereocenters. The smallest absolute Gasteiger partial charge is 0.254 e. The Balaban J connectivity index is 1.99. The maximum atomic E-state index is 11.8. The highest BCUT2D eigenvalue weighted by Crippen LogP contribution is 2.21. The Morgan fingerprint density at radius 1 is 1.50 bits per heavy atom. The second-order valence-electron chi connectivity index (χ2n) is 3.53. The molecule has 5 heteroatoms. The summed E-state index contributed by atoms with van der Waals surface area (Å²) in [6, 6.07) is 7.51. The molecule has 1 aliphatic rings. The molecule has 1 aliphatic heterocycles. The topological polar surface area (TPSA) is 50.4 Å². The monoisotopic (exact) mass is 284 g/mol. The Bertz CT molecular complexity index is 378. The van der Waals surface area contributed by atoms with Gasteiger partial charge in [0.25, 0.3) is 5.91 Å². The number of nitrogens with one attached hydrogen (secondary N) is 2. The fraction of sp³-hybridized carbons (Fsp3) is 0.364. The van der Waals surface area contributed by atoms with Crippen LogP contribution in [0.25, 0.3) is 0 Å². The lowest BCUT2D eigenvalue weighted by atomic mass is 10.2. The molecule has 16 heavy (non-hydrogen) atoms. The lowest BCUT2D eigenvalue weighted by Crippen LogP contribution is -2.45. The molecule has 0 bridgehead atoms. The average molecular weight is 285 g/mol. The van der Waals surface area contributed by atoms with E-state index in [0.717, 1.165) is 16.7 Å². The van der Waals surface area contributed by atoms with Crippen LogP contribution < -0.4 is 10.6 Å². The zero-order valence-electron chi connectivity index (χ0n) is 8.70. The van der Waals surface area contributed by atoms with Gasteiger partial charge in [-0.1, -0.05) is 12.1 Å². The fourth-order valence-electron chi connectivity index (χ4n) is 1.51. The molecule has 0 saturated carbocycles. The molecule has 1 saturated heterocycles. The molecule has 0 aromatic heterocycles. The molecular weight excluding hydrogens is 272 g/mol. The van der Waals surface area contributed by atoms with Gasteiger partial charge in [-0.25, -0.2) is 0 Å². The minimum absolute atomic E-state index is 0.112. The Morgan fingerprint density at radius 3 is 3.00 bits per heavy atom. The third-order valence-electron chi connectivity index (χ3n) is 2.35. The van der Waals surface area contributed by atoms with Crippen LogP contribution in [0.5, 0.6) is 0 Å². The number of carbonyl (C=O) groups is 1. The first-order valence-electron chi connectivity index (χ1n) is 5.15. The van der Waals surface area contributed by atoms with Crippen LogP contribution >= 0.6 is 15.9 Å². The van der Waals surface area contributed by atoms with Crippen molar-refractivity contribution in [1.29, 1.82) is 0 Å². The molecule has 1 amide bonds. The summed E-state index contributed by atoms with van der Waals surface area (Å²) in [6.45, 7) is 1.95. The van der Waals surface area contributed by atoms with Gasteiger partial charge in [0.05, 0.1) is 12.3 Å². The lowest BCUT2D eigenvalue weighted by molar-refractivity contribution is -0.128. The molecule has 4 nitrogen and oxygen atoms in total. The highest BCUT2D eigenvalue weighted by atomic mass is 79.9. The average Bonchev–Trinajstić information content (AvgIpc) is 2.33. The molecule has 0 aliphatic carbocycles. The maximum Gasteiger partial charge on any atom is 0.254 e. The Labute approximate surface area is 102 Å². The van der Waals surface area contributed by atoms with Gasteiger partial charge in [-0.2, -0.15) is 0 Å². The van der Waals surface area contributed by atoms with Crippen molar-refractivity contribution >= 4 is 27.5 Å². The van der Waals surface area contributed by atoms with E-state index in [1.54, 1.807) is 0 Å². The van der Waals surface area contributed by atoms with E-state index in [4.69, 9.17) is 4.74 Å². The van der Waals surface area contributed by atoms with Crippen molar-refractivity contribution in [3.8, 4) is 0 Å². The number of halogens is 1. The third kappa shape index (κ3) is 2.81. The predicted molar refractivity (Wildman–Crippen MR) is 65.4 cm³/mol. The van der Waals surface area contributed by atoms with Gasteiger partial charge in [0.15, 0.2) is 0 Å². The van der Waals surface area contributed by atoms with Gasteiger partial charge >= 0.3 is 0 Å². The molecule has 86 valence electrons. The number of benzene rings is 1. The molecule has 0 radical (unpaired) electrons. The summed E-state index contributed by atoms with van der Waals surface area (Å²) >= 11 is 3.38. The number of hydrogen-bond donors (Lipinski definition) is 2. The number of anilines is 1. The van der Waals surface area contributed by atoms with Crippen LogP contribution in [0.15, 0.2) is 28.7 Å². The summed E-state index contributed by atoms with van der Waals surface area (Å²) in [5, 5.41) is 5.95. The van der Waals surface area contributed by atoms with Gasteiger partial charge in [-0.15, -0.1) is 0 Å². The van der Waals surface area contributed by atoms with E-state index in [1.165, 1.54) is 0 Å². The van der Waals surface area contributed by atoms with Gasteiger partial charge in [0.1, 0.15) is 6.10 Å². The first-order valence-corrected chi connectivity index (χ1v) is 5.94. The van der Waals surface area contributed by atoms with Crippen molar-refractivity contribution in [2.75, 3.05) is 25.0 Å². The van der Waals surface area contributed by atoms with Crippen molar-refractivity contribution in [2.24, 2.45) is 0 Å². The fourth-order valence-corrected chi connectivity index (χ4v) is 1.89. The summed E-state index contributed by atoms with van der Waals surface area (Å²) in [5.41, 5.74) is 0.765. The maximum absolute atomic E-state index is 11.8. The molecule has 2 N–H and O–H groups in total. The summed E-state index contributed by atoms with van der Waals surface area (Å²) in [5.74, 6) is -0.112. The van der Waals surface area contributed by atoms with E-state index in [0.29, 0.717) is 13.2 Å². The largest absolute Gasteiger partial charge is 0.366 e. The number of hydrogen-bond acceptors (Lipinski definition) is 3. The minimum atomic E-state index is -0.402. The number of morpholine rings is 1. The minimum Gasteiger partial charge on any atom is -0.366 e. The molecule has 2 rings (SSSR count). The van der Waals surface area contributed by atoms with Gasteiger partial charge in [0, 0.05) is 17.6 Å². The van der Waals surface area contributed by atoms with Crippen LogP contribution in [0.1, 0.15) is 0 Å². The van der Waals surface area contributed by atoms with E-state index < -0.39 is 6.10 Å². The van der Waals surface area contributed by atoms with Gasteiger partial charge in [-0.05, 0) is 28.1 Å². The Kier molecular flexibility index (Phi) is 3.93. The first kappa shape index (κ1) is 11.6. The molecule has 1 unspecified atom stereocenters. The Hall–Kier alpha value is -0.910. The zero-order chi connectivity index (χ0) is 11.4. The second-order valence-corrected chi connectivity index (χ2v) is 4.39. The van der Waals surface area contributed by atoms with Crippen molar-refractivity contribution < 1.29 is 9.53 Å². The predicted octanol–water partition coefficient (Wildman–Crippen LogP) is 1.38. The van der Waals surface area contributed by atoms with E-state index >= 15 is 0 Å². The van der Waals surface area contributed by atoms with Crippen LogP contribution in [0.4, 0.5) is 5.69 Å². The highest BCUT2D eigenvalue weighted by molar-refractivity contribution is 9.10. The van der Waals surface area contributed by atoms with Crippen LogP contribution in [0.3, 0.4) is 0 Å². The molecule has 1 fully saturated rings. The quantitative estimate of drug-likeness (QED) is 0.863. The van der Waals surface area contributed by atoms with Crippen molar-refractivity contribution in [3.05, 3.63) is 28.7 Å². The number of amides is 1. The zero-order valence-corrected chi connectivity index (χ0v) is 10.3. The molecule has 0 spiro atoms. The summed E-state index contributed by atoms with van der Waals surface area (Å²) in [6.07, 6.45) is -0.402. The molecule has 1 heterocycles. The van der Waals surface area contributed by atoms with E-state index in [1.807, 2.05) is 24.3 Å². The third-order valence-corrected chi connectivity index (χ3v) is 3.04. The van der Waals surface area contributed by atoms with Crippen LogP contribution in [0.2, 0.25) is 0 Å². The summed E-state index contributed by atoms with van der Waals surface area (Å²) in [7, 11) is 0. The standard InChI is InChI=1S/C11H13BrN2O2/c12-8-3-1-2-4-9(8)14-11(15)10-7-13-5-6-16-10/h1-4,10,13H,5-7H2,(H,14,15). The van der Waals surface area contributed by atoms with Crippen LogP contribution in [-0.2, 0) is 9.53 Å². The number of carbonyl (C=O) groups excluding carboxylic acids is 1. The van der Waals surface area contributed by atoms with Gasteiger partial charge in [0.2, 0.25) is 0 Å². The molecular formula is C11H13BrN2O2. The first-order chi connectivity index (χ1) is 7.77. The Morgan fingerprint density at radius 2 is 2.31 bits per heavy atom. The normalized spacial score (nSPS) is 20.4. The van der Waals surface area contributed by atoms with Crippen LogP contribution in [0, 0.1) is 0 Å². The van der Waals surface area contributed by atoms with Crippen molar-refractivity contribution in [1.82, 2.24) is 5.32 Å². The van der Waals surface area contributed by atoms with Crippen molar-refractivity contribution in [3.63, 3.8) is 0 Å². The number of rotatable bonds is 2. The van der Waals surface area contributed by atoms with E-state index in [-0.39, 0.29) is 5.91 Å². The van der Waals surface area contributed by atoms with E-state index in [2.05, 4.69) is 26.6 Å². The summed E-state index contributed by atoms with van der Waals surface area (Å²) in [4.78, 5) is 11.8. The molecule has 1 aromatic carbocycles. The SMILES string of the molecule is O=C(Nc1ccccc1Br)C1CNCCO1. The van der Waals surface area contributed by atoms with Crippen LogP contribution in [-0.4, -0.2) is 31.7 Å². The number of ether oxygens (including phenoxy) is 1. The van der Waals surface area contributed by atoms with Gasteiger partial charge < -0.3 is 15.4 Å². The lowest BCUT2D eigenvalue weighted by Gasteiger charge is -2.22. The molecule has 1 aromatic rings. The van der Waals surface area contributed by atoms with Crippen molar-refractivity contribution in [2.45, 2.75) is 6.10 Å². The van der Waals surface area contributed by atoms with E-state index in [9.17, 15) is 4.79 Å². The summed E-state index contributed by atoms with van der Waals surface area (Å²) < 4.78 is 6.23. The number of para-hydroxylation sites is 1. The highest BCUT2D eigenvalue weighted by Gasteiger charge is 2.21. The van der Waals surface area contributed by atoms with Gasteiger partial charge in [-0.3, -0.25) is 4.79 Å². The second kappa shape index (κ2) is 5.43.